The molecule has 3 rings (SSSR count). The van der Waals surface area contributed by atoms with Gasteiger partial charge in [0.25, 0.3) is 0 Å². The van der Waals surface area contributed by atoms with Crippen LogP contribution in [0.15, 0.2) is 29.0 Å². The monoisotopic (exact) mass is 399 g/mol. The molecule has 0 atom stereocenters. The molecule has 1 aromatic carbocycles. The SMILES string of the molecule is O=C(c1c(F)ccc([N+](=O)[O-])c1F)c1c[nH]c2ncc(Br)c(F)c12. The number of benzene rings is 1. The maximum atomic E-state index is 14.2. The van der Waals surface area contributed by atoms with Crippen molar-refractivity contribution in [3.8, 4) is 0 Å². The number of halogens is 4. The molecular weight excluding hydrogens is 395 g/mol. The molecule has 0 fully saturated rings. The number of carbonyl (C=O) groups excluding carboxylic acids is 1. The zero-order chi connectivity index (χ0) is 17.6. The van der Waals surface area contributed by atoms with Gasteiger partial charge in [-0.15, -0.1) is 0 Å². The first-order valence-corrected chi connectivity index (χ1v) is 7.10. The molecular formula is C14H5BrF3N3O3. The minimum atomic E-state index is -1.62. The van der Waals surface area contributed by atoms with Crippen LogP contribution in [0.3, 0.4) is 0 Å². The molecule has 0 bridgehead atoms. The van der Waals surface area contributed by atoms with E-state index in [1.165, 1.54) is 0 Å². The first-order valence-electron chi connectivity index (χ1n) is 6.31. The lowest BCUT2D eigenvalue weighted by atomic mass is 10.0. The first-order chi connectivity index (χ1) is 11.3. The maximum Gasteiger partial charge on any atom is 0.305 e. The van der Waals surface area contributed by atoms with E-state index in [0.29, 0.717) is 12.1 Å². The molecule has 3 aromatic rings. The van der Waals surface area contributed by atoms with E-state index in [2.05, 4.69) is 25.9 Å². The lowest BCUT2D eigenvalue weighted by Crippen LogP contribution is -2.09. The summed E-state index contributed by atoms with van der Waals surface area (Å²) in [6.45, 7) is 0. The van der Waals surface area contributed by atoms with Gasteiger partial charge in [0.05, 0.1) is 20.3 Å². The van der Waals surface area contributed by atoms with Crippen LogP contribution in [0.5, 0.6) is 0 Å². The Labute approximate surface area is 139 Å². The van der Waals surface area contributed by atoms with Crippen molar-refractivity contribution in [1.29, 1.82) is 0 Å². The predicted octanol–water partition coefficient (Wildman–Crippen LogP) is 3.88. The van der Waals surface area contributed by atoms with Crippen LogP contribution in [0, 0.1) is 27.6 Å². The average molecular weight is 400 g/mol. The number of H-pyrrole nitrogens is 1. The van der Waals surface area contributed by atoms with Gasteiger partial charge in [-0.3, -0.25) is 14.9 Å². The molecule has 0 saturated carbocycles. The minimum Gasteiger partial charge on any atom is -0.345 e. The number of ketones is 1. The fraction of sp³-hybridized carbons (Fsp3) is 0. The molecule has 1 N–H and O–H groups in total. The minimum absolute atomic E-state index is 0.00898. The number of aromatic nitrogens is 2. The number of nitrogens with zero attached hydrogens (tertiary/aromatic N) is 2. The van der Waals surface area contributed by atoms with Crippen molar-refractivity contribution in [2.75, 3.05) is 0 Å². The lowest BCUT2D eigenvalue weighted by Gasteiger charge is -2.05. The fourth-order valence-electron chi connectivity index (χ4n) is 2.24. The molecule has 2 heterocycles. The molecule has 0 amide bonds. The van der Waals surface area contributed by atoms with Gasteiger partial charge in [-0.2, -0.15) is 4.39 Å². The lowest BCUT2D eigenvalue weighted by molar-refractivity contribution is -0.387. The zero-order valence-electron chi connectivity index (χ0n) is 11.4. The number of aromatic amines is 1. The third-order valence-electron chi connectivity index (χ3n) is 3.33. The van der Waals surface area contributed by atoms with Crippen LogP contribution in [0.1, 0.15) is 15.9 Å². The standard InChI is InChI=1S/C14H5BrF3N3O3/c15-6-4-20-14-9(11(6)17)5(3-19-14)13(22)10-7(16)1-2-8(12(10)18)21(23)24/h1-4H,(H,19,20). The molecule has 0 spiro atoms. The summed E-state index contributed by atoms with van der Waals surface area (Å²) in [7, 11) is 0. The van der Waals surface area contributed by atoms with Gasteiger partial charge in [-0.1, -0.05) is 0 Å². The zero-order valence-corrected chi connectivity index (χ0v) is 13.0. The Hall–Kier alpha value is -2.75. The van der Waals surface area contributed by atoms with Gasteiger partial charge in [-0.25, -0.2) is 13.8 Å². The van der Waals surface area contributed by atoms with Crippen LogP contribution < -0.4 is 0 Å². The quantitative estimate of drug-likeness (QED) is 0.411. The molecule has 0 unspecified atom stereocenters. The van der Waals surface area contributed by atoms with Gasteiger partial charge in [0, 0.05) is 18.5 Å². The molecule has 0 saturated heterocycles. The number of nitro benzene ring substituents is 1. The third kappa shape index (κ3) is 2.35. The average Bonchev–Trinajstić information content (AvgIpc) is 2.95. The van der Waals surface area contributed by atoms with E-state index in [1.54, 1.807) is 0 Å². The molecule has 24 heavy (non-hydrogen) atoms. The van der Waals surface area contributed by atoms with Crippen LogP contribution in [-0.4, -0.2) is 20.7 Å². The van der Waals surface area contributed by atoms with E-state index < -0.39 is 45.0 Å². The highest BCUT2D eigenvalue weighted by Gasteiger charge is 2.29. The number of pyridine rings is 1. The van der Waals surface area contributed by atoms with Crippen molar-refractivity contribution in [2.24, 2.45) is 0 Å². The number of rotatable bonds is 3. The highest BCUT2D eigenvalue weighted by atomic mass is 79.9. The third-order valence-corrected chi connectivity index (χ3v) is 3.89. The van der Waals surface area contributed by atoms with Gasteiger partial charge in [0.15, 0.2) is 5.82 Å². The van der Waals surface area contributed by atoms with Crippen molar-refractivity contribution in [3.63, 3.8) is 0 Å². The van der Waals surface area contributed by atoms with Gasteiger partial charge >= 0.3 is 5.69 Å². The molecule has 0 radical (unpaired) electrons. The Morgan fingerprint density at radius 3 is 2.62 bits per heavy atom. The maximum absolute atomic E-state index is 14.2. The molecule has 0 aliphatic rings. The van der Waals surface area contributed by atoms with Gasteiger partial charge in [0.1, 0.15) is 17.0 Å². The number of carbonyl (C=O) groups is 1. The predicted molar refractivity (Wildman–Crippen MR) is 80.2 cm³/mol. The number of hydrogen-bond acceptors (Lipinski definition) is 4. The van der Waals surface area contributed by atoms with Crippen LogP contribution in [0.4, 0.5) is 18.9 Å². The molecule has 122 valence electrons. The van der Waals surface area contributed by atoms with Crippen LogP contribution in [0.25, 0.3) is 11.0 Å². The summed E-state index contributed by atoms with van der Waals surface area (Å²) in [5.41, 5.74) is -2.59. The van der Waals surface area contributed by atoms with Crippen LogP contribution in [-0.2, 0) is 0 Å². The summed E-state index contributed by atoms with van der Waals surface area (Å²) >= 11 is 2.90. The van der Waals surface area contributed by atoms with E-state index >= 15 is 0 Å². The molecule has 0 aliphatic carbocycles. The Kier molecular flexibility index (Phi) is 3.84. The van der Waals surface area contributed by atoms with Crippen molar-refractivity contribution < 1.29 is 22.9 Å². The van der Waals surface area contributed by atoms with Crippen molar-refractivity contribution in [3.05, 3.63) is 67.7 Å². The molecule has 2 aromatic heterocycles. The second-order valence-electron chi connectivity index (χ2n) is 4.69. The Morgan fingerprint density at radius 1 is 1.25 bits per heavy atom. The number of fused-ring (bicyclic) bond motifs is 1. The fourth-order valence-corrected chi connectivity index (χ4v) is 2.54. The summed E-state index contributed by atoms with van der Waals surface area (Å²) in [6, 6.07) is 1.21. The Morgan fingerprint density at radius 2 is 1.96 bits per heavy atom. The summed E-state index contributed by atoms with van der Waals surface area (Å²) < 4.78 is 42.2. The first kappa shape index (κ1) is 16.1. The number of nitrogens with one attached hydrogen (secondary N) is 1. The van der Waals surface area contributed by atoms with E-state index in [9.17, 15) is 28.1 Å². The summed E-state index contributed by atoms with van der Waals surface area (Å²) in [5, 5.41) is 10.5. The normalized spacial score (nSPS) is 11.0. The highest BCUT2D eigenvalue weighted by molar-refractivity contribution is 9.10. The van der Waals surface area contributed by atoms with Gasteiger partial charge in [-0.05, 0) is 22.0 Å². The Bertz CT molecular complexity index is 1020. The number of hydrogen-bond donors (Lipinski definition) is 1. The summed E-state index contributed by atoms with van der Waals surface area (Å²) in [4.78, 5) is 28.5. The van der Waals surface area contributed by atoms with E-state index in [0.717, 1.165) is 12.4 Å². The van der Waals surface area contributed by atoms with Gasteiger partial charge < -0.3 is 4.98 Å². The van der Waals surface area contributed by atoms with Crippen molar-refractivity contribution in [1.82, 2.24) is 9.97 Å². The second kappa shape index (κ2) is 5.71. The van der Waals surface area contributed by atoms with Crippen LogP contribution >= 0.6 is 15.9 Å². The summed E-state index contributed by atoms with van der Waals surface area (Å²) in [5.74, 6) is -5.00. The smallest absolute Gasteiger partial charge is 0.305 e. The highest BCUT2D eigenvalue weighted by Crippen LogP contribution is 2.30. The van der Waals surface area contributed by atoms with Crippen LogP contribution in [0.2, 0.25) is 0 Å². The van der Waals surface area contributed by atoms with E-state index in [1.807, 2.05) is 0 Å². The second-order valence-corrected chi connectivity index (χ2v) is 5.54. The topological polar surface area (TPSA) is 88.9 Å². The Balaban J connectivity index is 2.27. The largest absolute Gasteiger partial charge is 0.345 e. The van der Waals surface area contributed by atoms with Crippen molar-refractivity contribution >= 4 is 38.4 Å². The van der Waals surface area contributed by atoms with E-state index in [-0.39, 0.29) is 15.5 Å². The summed E-state index contributed by atoms with van der Waals surface area (Å²) in [6.07, 6.45) is 2.18. The molecule has 6 nitrogen and oxygen atoms in total. The molecule has 10 heteroatoms. The van der Waals surface area contributed by atoms with E-state index in [4.69, 9.17) is 0 Å². The van der Waals surface area contributed by atoms with Crippen molar-refractivity contribution in [2.45, 2.75) is 0 Å². The molecule has 0 aliphatic heterocycles. The number of nitro groups is 1. The van der Waals surface area contributed by atoms with Gasteiger partial charge in [0.2, 0.25) is 11.6 Å².